The molecule has 9 heteroatoms. The van der Waals surface area contributed by atoms with E-state index in [0.717, 1.165) is 23.3 Å². The molecular weight excluding hydrogens is 485 g/mol. The van der Waals surface area contributed by atoms with Gasteiger partial charge in [0.05, 0.1) is 11.5 Å². The second kappa shape index (κ2) is 9.80. The number of benzene rings is 3. The summed E-state index contributed by atoms with van der Waals surface area (Å²) in [6, 6.07) is 17.5. The summed E-state index contributed by atoms with van der Waals surface area (Å²) in [6.07, 6.45) is -4.51. The van der Waals surface area contributed by atoms with E-state index in [1.807, 2.05) is 19.1 Å². The number of carbonyl (C=O) groups is 2. The number of hydrogen-bond donors (Lipinski definition) is 1. The summed E-state index contributed by atoms with van der Waals surface area (Å²) in [7, 11) is 0. The lowest BCUT2D eigenvalue weighted by atomic mass is 9.87. The fraction of sp³-hybridized carbons (Fsp3) is 0.286. The number of rotatable bonds is 5. The van der Waals surface area contributed by atoms with Gasteiger partial charge < -0.3 is 19.7 Å². The molecule has 0 unspecified atom stereocenters. The number of alkyl halides is 3. The maximum absolute atomic E-state index is 13.4. The first-order chi connectivity index (χ1) is 17.7. The van der Waals surface area contributed by atoms with Crippen molar-refractivity contribution in [2.24, 2.45) is 5.92 Å². The van der Waals surface area contributed by atoms with Crippen molar-refractivity contribution in [3.05, 3.63) is 94.5 Å². The molecule has 3 aromatic carbocycles. The first-order valence-corrected chi connectivity index (χ1v) is 11.9. The second-order valence-corrected chi connectivity index (χ2v) is 9.27. The van der Waals surface area contributed by atoms with Crippen LogP contribution < -0.4 is 14.8 Å². The monoisotopic (exact) mass is 510 g/mol. The maximum atomic E-state index is 13.4. The molecule has 0 radical (unpaired) electrons. The SMILES string of the molecule is Cc1ccccc1C(=O)N1C[C@H](c2cccc(C(F)(F)F)c2)[C@H](C(=O)NCc2ccc3c(c2)OCO3)C1. The Kier molecular flexibility index (Phi) is 6.54. The molecule has 2 aliphatic rings. The van der Waals surface area contributed by atoms with Crippen LogP contribution in [-0.2, 0) is 17.5 Å². The van der Waals surface area contributed by atoms with Crippen LogP contribution >= 0.6 is 0 Å². The molecule has 6 nitrogen and oxygen atoms in total. The Morgan fingerprint density at radius 1 is 0.973 bits per heavy atom. The number of aryl methyl sites for hydroxylation is 1. The number of fused-ring (bicyclic) bond motifs is 1. The van der Waals surface area contributed by atoms with E-state index in [2.05, 4.69) is 5.32 Å². The molecule has 2 amide bonds. The van der Waals surface area contributed by atoms with Gasteiger partial charge in [0.25, 0.3) is 5.91 Å². The smallest absolute Gasteiger partial charge is 0.416 e. The standard InChI is InChI=1S/C28H25F3N2O4/c1-17-5-2-3-8-21(17)27(35)33-14-22(19-6-4-7-20(12-19)28(29,30)31)23(15-33)26(34)32-13-18-9-10-24-25(11-18)37-16-36-24/h2-12,22-23H,13-16H2,1H3,(H,32,34)/t22-,23-/m1/s1. The Morgan fingerprint density at radius 2 is 1.76 bits per heavy atom. The van der Waals surface area contributed by atoms with Crippen molar-refractivity contribution in [1.82, 2.24) is 10.2 Å². The first kappa shape index (κ1) is 24.7. The Balaban J connectivity index is 1.39. The molecule has 0 aromatic heterocycles. The molecule has 0 saturated carbocycles. The predicted molar refractivity (Wildman–Crippen MR) is 129 cm³/mol. The van der Waals surface area contributed by atoms with E-state index in [0.29, 0.717) is 22.6 Å². The number of nitrogens with zero attached hydrogens (tertiary/aromatic N) is 1. The number of halogens is 3. The molecule has 3 aromatic rings. The number of amides is 2. The topological polar surface area (TPSA) is 67.9 Å². The molecule has 5 rings (SSSR count). The third-order valence-corrected chi connectivity index (χ3v) is 6.87. The van der Waals surface area contributed by atoms with Crippen molar-refractivity contribution in [3.8, 4) is 11.5 Å². The molecule has 0 bridgehead atoms. The van der Waals surface area contributed by atoms with E-state index >= 15 is 0 Å². The van der Waals surface area contributed by atoms with E-state index < -0.39 is 23.6 Å². The zero-order valence-electron chi connectivity index (χ0n) is 20.0. The highest BCUT2D eigenvalue weighted by Crippen LogP contribution is 2.37. The fourth-order valence-corrected chi connectivity index (χ4v) is 4.87. The average molecular weight is 511 g/mol. The highest BCUT2D eigenvalue weighted by molar-refractivity contribution is 5.96. The summed E-state index contributed by atoms with van der Waals surface area (Å²) in [5.74, 6) is -0.677. The highest BCUT2D eigenvalue weighted by Gasteiger charge is 2.41. The molecule has 37 heavy (non-hydrogen) atoms. The molecule has 0 spiro atoms. The van der Waals surface area contributed by atoms with E-state index in [-0.39, 0.29) is 38.2 Å². The molecule has 0 aliphatic carbocycles. The van der Waals surface area contributed by atoms with Gasteiger partial charge in [0.1, 0.15) is 0 Å². The minimum atomic E-state index is -4.51. The first-order valence-electron chi connectivity index (χ1n) is 11.9. The van der Waals surface area contributed by atoms with Crippen LogP contribution in [-0.4, -0.2) is 36.6 Å². The zero-order chi connectivity index (χ0) is 26.2. The van der Waals surface area contributed by atoms with Crippen molar-refractivity contribution < 1.29 is 32.2 Å². The third-order valence-electron chi connectivity index (χ3n) is 6.87. The van der Waals surface area contributed by atoms with Crippen molar-refractivity contribution in [2.45, 2.75) is 25.6 Å². The van der Waals surface area contributed by atoms with E-state index in [1.165, 1.54) is 6.07 Å². The van der Waals surface area contributed by atoms with E-state index in [9.17, 15) is 22.8 Å². The van der Waals surface area contributed by atoms with Crippen LogP contribution in [0.3, 0.4) is 0 Å². The fourth-order valence-electron chi connectivity index (χ4n) is 4.87. The number of nitrogens with one attached hydrogen (secondary N) is 1. The molecule has 1 N–H and O–H groups in total. The molecule has 1 saturated heterocycles. The molecule has 2 aliphatic heterocycles. The van der Waals surface area contributed by atoms with Gasteiger partial charge in [-0.1, -0.05) is 42.5 Å². The number of hydrogen-bond acceptors (Lipinski definition) is 4. The Hall–Kier alpha value is -4.01. The van der Waals surface area contributed by atoms with Gasteiger partial charge in [0.2, 0.25) is 12.7 Å². The van der Waals surface area contributed by atoms with E-state index in [4.69, 9.17) is 9.47 Å². The van der Waals surface area contributed by atoms with Gasteiger partial charge in [0, 0.05) is 31.1 Å². The summed E-state index contributed by atoms with van der Waals surface area (Å²) < 4.78 is 51.0. The molecule has 192 valence electrons. The second-order valence-electron chi connectivity index (χ2n) is 9.27. The largest absolute Gasteiger partial charge is 0.454 e. The van der Waals surface area contributed by atoms with E-state index in [1.54, 1.807) is 41.3 Å². The van der Waals surface area contributed by atoms with Gasteiger partial charge in [-0.05, 0) is 47.9 Å². The lowest BCUT2D eigenvalue weighted by molar-refractivity contribution is -0.137. The number of likely N-dealkylation sites (tertiary alicyclic amines) is 1. The van der Waals surface area contributed by atoms with Crippen molar-refractivity contribution >= 4 is 11.8 Å². The van der Waals surface area contributed by atoms with Crippen LogP contribution in [0.15, 0.2) is 66.7 Å². The van der Waals surface area contributed by atoms with Crippen molar-refractivity contribution in [3.63, 3.8) is 0 Å². The molecule has 2 atom stereocenters. The minimum Gasteiger partial charge on any atom is -0.454 e. The van der Waals surface area contributed by atoms with Gasteiger partial charge in [-0.25, -0.2) is 0 Å². The maximum Gasteiger partial charge on any atom is 0.416 e. The van der Waals surface area contributed by atoms with Crippen LogP contribution in [0.4, 0.5) is 13.2 Å². The molecule has 1 fully saturated rings. The average Bonchev–Trinajstić information content (AvgIpc) is 3.54. The third kappa shape index (κ3) is 5.12. The molecule has 2 heterocycles. The lowest BCUT2D eigenvalue weighted by Gasteiger charge is -2.19. The summed E-state index contributed by atoms with van der Waals surface area (Å²) in [6.45, 7) is 2.39. The van der Waals surface area contributed by atoms with Crippen LogP contribution in [0, 0.1) is 12.8 Å². The van der Waals surface area contributed by atoms with Gasteiger partial charge in [-0.15, -0.1) is 0 Å². The van der Waals surface area contributed by atoms with Crippen LogP contribution in [0.1, 0.15) is 38.5 Å². The Morgan fingerprint density at radius 3 is 2.54 bits per heavy atom. The lowest BCUT2D eigenvalue weighted by Crippen LogP contribution is -2.35. The number of carbonyl (C=O) groups excluding carboxylic acids is 2. The summed E-state index contributed by atoms with van der Waals surface area (Å²) in [4.78, 5) is 28.2. The summed E-state index contributed by atoms with van der Waals surface area (Å²) >= 11 is 0. The zero-order valence-corrected chi connectivity index (χ0v) is 20.0. The van der Waals surface area contributed by atoms with Crippen molar-refractivity contribution in [2.75, 3.05) is 19.9 Å². The van der Waals surface area contributed by atoms with Crippen LogP contribution in [0.25, 0.3) is 0 Å². The van der Waals surface area contributed by atoms with Crippen LogP contribution in [0.2, 0.25) is 0 Å². The summed E-state index contributed by atoms with van der Waals surface area (Å²) in [5.41, 5.74) is 1.68. The van der Waals surface area contributed by atoms with Gasteiger partial charge in [0.15, 0.2) is 11.5 Å². The van der Waals surface area contributed by atoms with Gasteiger partial charge in [-0.3, -0.25) is 9.59 Å². The van der Waals surface area contributed by atoms with Gasteiger partial charge >= 0.3 is 6.18 Å². The normalized spacial score (nSPS) is 18.6. The van der Waals surface area contributed by atoms with Gasteiger partial charge in [-0.2, -0.15) is 13.2 Å². The predicted octanol–water partition coefficient (Wildman–Crippen LogP) is 4.91. The molecular formula is C28H25F3N2O4. The number of ether oxygens (including phenoxy) is 2. The summed E-state index contributed by atoms with van der Waals surface area (Å²) in [5, 5.41) is 2.89. The Labute approximate surface area is 212 Å². The quantitative estimate of drug-likeness (QED) is 0.530. The minimum absolute atomic E-state index is 0.0983. The van der Waals surface area contributed by atoms with Crippen molar-refractivity contribution in [1.29, 1.82) is 0 Å². The highest BCUT2D eigenvalue weighted by atomic mass is 19.4. The van der Waals surface area contributed by atoms with Crippen LogP contribution in [0.5, 0.6) is 11.5 Å². The Bertz CT molecular complexity index is 1340.